The zero-order chi connectivity index (χ0) is 10.9. The molecule has 2 aliphatic rings. The molecule has 1 unspecified atom stereocenters. The fourth-order valence-electron chi connectivity index (χ4n) is 2.38. The molecule has 0 bridgehead atoms. The number of rotatable bonds is 4. The van der Waals surface area contributed by atoms with E-state index in [0.29, 0.717) is 5.92 Å². The van der Waals surface area contributed by atoms with Crippen molar-refractivity contribution in [2.24, 2.45) is 5.92 Å². The Kier molecular flexibility index (Phi) is 5.15. The van der Waals surface area contributed by atoms with Crippen molar-refractivity contribution in [3.8, 4) is 0 Å². The molecule has 0 N–H and O–H groups in total. The van der Waals surface area contributed by atoms with Gasteiger partial charge in [0, 0.05) is 5.92 Å². The van der Waals surface area contributed by atoms with Crippen LogP contribution in [-0.2, 0) is 4.74 Å². The van der Waals surface area contributed by atoms with Crippen molar-refractivity contribution in [1.29, 1.82) is 0 Å². The lowest BCUT2D eigenvalue weighted by atomic mass is 10.2. The highest BCUT2D eigenvalue weighted by molar-refractivity contribution is 6.50. The lowest BCUT2D eigenvalue weighted by Crippen LogP contribution is -3.00. The molecule has 1 heterocycles. The summed E-state index contributed by atoms with van der Waals surface area (Å²) in [7, 11) is 0. The Balaban J connectivity index is 0.00000128. The van der Waals surface area contributed by atoms with Crippen LogP contribution >= 0.6 is 23.2 Å². The van der Waals surface area contributed by atoms with Crippen LogP contribution in [0.5, 0.6) is 0 Å². The van der Waals surface area contributed by atoms with Gasteiger partial charge in [0.2, 0.25) is 0 Å². The summed E-state index contributed by atoms with van der Waals surface area (Å²) in [4.78, 5) is 0. The molecule has 2 nitrogen and oxygen atoms in total. The summed E-state index contributed by atoms with van der Waals surface area (Å²) in [5, 5.41) is 0. The Bertz CT molecular complexity index is 254. The van der Waals surface area contributed by atoms with E-state index < -0.39 is 4.33 Å². The molecular formula is C11H18BrCl2NO. The highest BCUT2D eigenvalue weighted by atomic mass is 79.9. The first-order valence-electron chi connectivity index (χ1n) is 5.50. The average molecular weight is 331 g/mol. The van der Waals surface area contributed by atoms with Gasteiger partial charge in [-0.3, -0.25) is 0 Å². The van der Waals surface area contributed by atoms with Crippen LogP contribution in [0.3, 0.4) is 0 Å². The molecule has 1 saturated carbocycles. The molecule has 0 radical (unpaired) electrons. The van der Waals surface area contributed by atoms with E-state index in [1.165, 1.54) is 0 Å². The van der Waals surface area contributed by atoms with Gasteiger partial charge in [0.1, 0.15) is 17.4 Å². The normalized spacial score (nSPS) is 30.2. The van der Waals surface area contributed by atoms with Gasteiger partial charge in [0.05, 0.1) is 26.3 Å². The Morgan fingerprint density at radius 3 is 2.38 bits per heavy atom. The molecule has 1 atom stereocenters. The molecule has 1 aliphatic carbocycles. The summed E-state index contributed by atoms with van der Waals surface area (Å²) >= 11 is 12.2. The van der Waals surface area contributed by atoms with Gasteiger partial charge in [-0.15, -0.1) is 23.2 Å². The highest BCUT2D eigenvalue weighted by Crippen LogP contribution is 2.54. The van der Waals surface area contributed by atoms with E-state index in [1.807, 2.05) is 6.08 Å². The Labute approximate surface area is 118 Å². The SMILES string of the molecule is C=CC[N+]1(CC2CC2(Cl)Cl)CCOCC1.[Br-]. The topological polar surface area (TPSA) is 9.23 Å². The number of alkyl halides is 2. The van der Waals surface area contributed by atoms with E-state index in [1.54, 1.807) is 0 Å². The van der Waals surface area contributed by atoms with Crippen LogP contribution in [-0.4, -0.2) is 48.2 Å². The predicted molar refractivity (Wildman–Crippen MR) is 63.3 cm³/mol. The number of ether oxygens (including phenoxy) is 1. The van der Waals surface area contributed by atoms with Gasteiger partial charge in [0.25, 0.3) is 0 Å². The van der Waals surface area contributed by atoms with E-state index in [2.05, 4.69) is 6.58 Å². The van der Waals surface area contributed by atoms with Gasteiger partial charge in [-0.25, -0.2) is 0 Å². The summed E-state index contributed by atoms with van der Waals surface area (Å²) in [5.74, 6) is 0.457. The molecule has 0 spiro atoms. The smallest absolute Gasteiger partial charge is 0.127 e. The van der Waals surface area contributed by atoms with Crippen molar-refractivity contribution < 1.29 is 26.2 Å². The second kappa shape index (κ2) is 5.57. The van der Waals surface area contributed by atoms with Gasteiger partial charge in [-0.2, -0.15) is 0 Å². The van der Waals surface area contributed by atoms with E-state index in [9.17, 15) is 0 Å². The first-order valence-corrected chi connectivity index (χ1v) is 6.25. The Morgan fingerprint density at radius 2 is 1.94 bits per heavy atom. The molecule has 0 aromatic carbocycles. The van der Waals surface area contributed by atoms with Crippen LogP contribution in [0.4, 0.5) is 0 Å². The van der Waals surface area contributed by atoms with Crippen molar-refractivity contribution in [3.05, 3.63) is 12.7 Å². The van der Waals surface area contributed by atoms with Gasteiger partial charge in [0.15, 0.2) is 0 Å². The first kappa shape index (κ1) is 14.8. The van der Waals surface area contributed by atoms with Gasteiger partial charge < -0.3 is 26.2 Å². The average Bonchev–Trinajstić information content (AvgIpc) is 2.75. The van der Waals surface area contributed by atoms with E-state index in [-0.39, 0.29) is 17.0 Å². The van der Waals surface area contributed by atoms with Crippen molar-refractivity contribution in [3.63, 3.8) is 0 Å². The molecule has 0 amide bonds. The molecule has 1 saturated heterocycles. The third kappa shape index (κ3) is 3.36. The zero-order valence-electron chi connectivity index (χ0n) is 9.30. The van der Waals surface area contributed by atoms with Crippen molar-refractivity contribution in [1.82, 2.24) is 0 Å². The third-order valence-corrected chi connectivity index (χ3v) is 4.43. The lowest BCUT2D eigenvalue weighted by molar-refractivity contribution is -0.931. The molecule has 0 aromatic rings. The molecule has 2 fully saturated rings. The quantitative estimate of drug-likeness (QED) is 0.373. The third-order valence-electron chi connectivity index (χ3n) is 3.50. The number of hydrogen-bond acceptors (Lipinski definition) is 1. The van der Waals surface area contributed by atoms with Gasteiger partial charge >= 0.3 is 0 Å². The second-order valence-corrected chi connectivity index (χ2v) is 6.26. The zero-order valence-corrected chi connectivity index (χ0v) is 12.4. The van der Waals surface area contributed by atoms with Crippen LogP contribution < -0.4 is 17.0 Å². The molecular weight excluding hydrogens is 313 g/mol. The van der Waals surface area contributed by atoms with Crippen LogP contribution in [0, 0.1) is 5.92 Å². The van der Waals surface area contributed by atoms with Crippen molar-refractivity contribution >= 4 is 23.2 Å². The lowest BCUT2D eigenvalue weighted by Gasteiger charge is -2.41. The van der Waals surface area contributed by atoms with E-state index in [0.717, 1.165) is 50.3 Å². The monoisotopic (exact) mass is 329 g/mol. The van der Waals surface area contributed by atoms with Crippen molar-refractivity contribution in [2.75, 3.05) is 39.4 Å². The molecule has 0 aromatic heterocycles. The fourth-order valence-corrected chi connectivity index (χ4v) is 2.89. The van der Waals surface area contributed by atoms with Crippen LogP contribution in [0.1, 0.15) is 6.42 Å². The van der Waals surface area contributed by atoms with Gasteiger partial charge in [-0.1, -0.05) is 6.58 Å². The highest BCUT2D eigenvalue weighted by Gasteiger charge is 2.55. The summed E-state index contributed by atoms with van der Waals surface area (Å²) in [6, 6.07) is 0. The minimum Gasteiger partial charge on any atom is -1.00 e. The fraction of sp³-hybridized carbons (Fsp3) is 0.818. The summed E-state index contributed by atoms with van der Waals surface area (Å²) in [6.45, 7) is 9.73. The molecule has 1 aliphatic heterocycles. The van der Waals surface area contributed by atoms with Crippen LogP contribution in [0.25, 0.3) is 0 Å². The molecule has 94 valence electrons. The van der Waals surface area contributed by atoms with E-state index in [4.69, 9.17) is 27.9 Å². The standard InChI is InChI=1S/C11H18Cl2NO.BrH/c1-2-3-14(4-6-15-7-5-14)9-10-8-11(10,12)13;/h2,10H,1,3-9H2;1H/q+1;/p-1. The summed E-state index contributed by atoms with van der Waals surface area (Å²) in [6.07, 6.45) is 2.94. The molecule has 16 heavy (non-hydrogen) atoms. The first-order chi connectivity index (χ1) is 7.08. The Hall–Kier alpha value is 0.720. The number of halogens is 3. The second-order valence-electron chi connectivity index (χ2n) is 4.72. The number of morpholine rings is 1. The molecule has 2 rings (SSSR count). The molecule has 5 heteroatoms. The van der Waals surface area contributed by atoms with Crippen LogP contribution in [0.2, 0.25) is 0 Å². The largest absolute Gasteiger partial charge is 1.00 e. The maximum atomic E-state index is 6.09. The maximum absolute atomic E-state index is 6.09. The predicted octanol–water partition coefficient (Wildman–Crippen LogP) is -0.783. The number of nitrogens with zero attached hydrogens (tertiary/aromatic N) is 1. The number of quaternary nitrogens is 1. The van der Waals surface area contributed by atoms with E-state index >= 15 is 0 Å². The minimum atomic E-state index is -0.454. The van der Waals surface area contributed by atoms with Gasteiger partial charge in [-0.05, 0) is 12.5 Å². The summed E-state index contributed by atoms with van der Waals surface area (Å²) in [5.41, 5.74) is 0. The minimum absolute atomic E-state index is 0. The maximum Gasteiger partial charge on any atom is 0.127 e. The van der Waals surface area contributed by atoms with Crippen LogP contribution in [0.15, 0.2) is 12.7 Å². The number of hydrogen-bond donors (Lipinski definition) is 0. The summed E-state index contributed by atoms with van der Waals surface area (Å²) < 4.78 is 6.01. The Morgan fingerprint density at radius 1 is 1.38 bits per heavy atom. The van der Waals surface area contributed by atoms with Crippen molar-refractivity contribution in [2.45, 2.75) is 10.8 Å².